The predicted octanol–water partition coefficient (Wildman–Crippen LogP) is 3.92. The van der Waals surface area contributed by atoms with Crippen LogP contribution in [0, 0.1) is 6.92 Å². The van der Waals surface area contributed by atoms with E-state index < -0.39 is 0 Å². The van der Waals surface area contributed by atoms with E-state index in [4.69, 9.17) is 21.1 Å². The van der Waals surface area contributed by atoms with Gasteiger partial charge in [0.1, 0.15) is 11.5 Å². The van der Waals surface area contributed by atoms with Crippen LogP contribution in [0.4, 0.5) is 0 Å². The van der Waals surface area contributed by atoms with Crippen LogP contribution in [0.25, 0.3) is 0 Å². The molecule has 7 heteroatoms. The van der Waals surface area contributed by atoms with Gasteiger partial charge < -0.3 is 20.1 Å². The standard InChI is InChI=1S/C25H34ClN3O3/c1-16(2)28-25(30)22-12-20(15-29(22)14-19-8-6-7-9-21(19)26)27-13-18-10-11-23(31-4)17(3)24(18)32-5/h6-11,16,20,22,27H,12-15H2,1-5H3,(H,28,30)/t20-,22-/m0/s1. The second kappa shape index (κ2) is 11.0. The molecule has 0 aromatic heterocycles. The lowest BCUT2D eigenvalue weighted by Crippen LogP contribution is -2.45. The van der Waals surface area contributed by atoms with E-state index in [-0.39, 0.29) is 24.0 Å². The fourth-order valence-electron chi connectivity index (χ4n) is 4.35. The van der Waals surface area contributed by atoms with Gasteiger partial charge in [0.25, 0.3) is 0 Å². The molecule has 2 atom stereocenters. The second-order valence-corrected chi connectivity index (χ2v) is 9.01. The third kappa shape index (κ3) is 5.74. The topological polar surface area (TPSA) is 62.8 Å². The molecule has 1 aliphatic heterocycles. The summed E-state index contributed by atoms with van der Waals surface area (Å²) in [4.78, 5) is 15.1. The van der Waals surface area contributed by atoms with Crippen molar-refractivity contribution in [3.05, 3.63) is 58.1 Å². The molecule has 1 aliphatic rings. The third-order valence-corrected chi connectivity index (χ3v) is 6.28. The van der Waals surface area contributed by atoms with Gasteiger partial charge in [0.2, 0.25) is 5.91 Å². The van der Waals surface area contributed by atoms with E-state index in [9.17, 15) is 4.79 Å². The fraction of sp³-hybridized carbons (Fsp3) is 0.480. The summed E-state index contributed by atoms with van der Waals surface area (Å²) >= 11 is 6.40. The Hall–Kier alpha value is -2.28. The van der Waals surface area contributed by atoms with Crippen molar-refractivity contribution >= 4 is 17.5 Å². The van der Waals surface area contributed by atoms with Gasteiger partial charge in [-0.2, -0.15) is 0 Å². The highest BCUT2D eigenvalue weighted by molar-refractivity contribution is 6.31. The Balaban J connectivity index is 1.73. The largest absolute Gasteiger partial charge is 0.496 e. The van der Waals surface area contributed by atoms with Crippen LogP contribution in [-0.2, 0) is 17.9 Å². The molecular formula is C25H34ClN3O3. The molecule has 3 rings (SSSR count). The first kappa shape index (κ1) is 24.4. The van der Waals surface area contributed by atoms with Gasteiger partial charge in [-0.1, -0.05) is 35.9 Å². The fourth-order valence-corrected chi connectivity index (χ4v) is 4.55. The van der Waals surface area contributed by atoms with Crippen molar-refractivity contribution in [1.82, 2.24) is 15.5 Å². The number of nitrogens with zero attached hydrogens (tertiary/aromatic N) is 1. The van der Waals surface area contributed by atoms with Gasteiger partial charge in [-0.05, 0) is 44.9 Å². The van der Waals surface area contributed by atoms with Gasteiger partial charge in [-0.15, -0.1) is 0 Å². The van der Waals surface area contributed by atoms with Gasteiger partial charge >= 0.3 is 0 Å². The molecule has 1 amide bonds. The van der Waals surface area contributed by atoms with Crippen LogP contribution in [0.5, 0.6) is 11.5 Å². The quantitative estimate of drug-likeness (QED) is 0.595. The minimum Gasteiger partial charge on any atom is -0.496 e. The molecule has 1 saturated heterocycles. The van der Waals surface area contributed by atoms with Crippen LogP contribution in [0.3, 0.4) is 0 Å². The van der Waals surface area contributed by atoms with Crippen LogP contribution < -0.4 is 20.1 Å². The van der Waals surface area contributed by atoms with E-state index in [0.717, 1.165) is 46.2 Å². The first-order chi connectivity index (χ1) is 15.3. The Morgan fingerprint density at radius 2 is 1.91 bits per heavy atom. The summed E-state index contributed by atoms with van der Waals surface area (Å²) in [5.41, 5.74) is 3.08. The van der Waals surface area contributed by atoms with Gasteiger partial charge in [0.05, 0.1) is 20.3 Å². The smallest absolute Gasteiger partial charge is 0.237 e. The number of carbonyl (C=O) groups excluding carboxylic acids is 1. The number of nitrogens with one attached hydrogen (secondary N) is 2. The van der Waals surface area contributed by atoms with Crippen molar-refractivity contribution in [2.75, 3.05) is 20.8 Å². The maximum absolute atomic E-state index is 12.9. The third-order valence-electron chi connectivity index (χ3n) is 5.91. The summed E-state index contributed by atoms with van der Waals surface area (Å²) < 4.78 is 11.1. The summed E-state index contributed by atoms with van der Waals surface area (Å²) in [6.45, 7) is 8.02. The number of hydrogen-bond acceptors (Lipinski definition) is 5. The maximum atomic E-state index is 12.9. The van der Waals surface area contributed by atoms with Crippen molar-refractivity contribution < 1.29 is 14.3 Å². The number of amides is 1. The van der Waals surface area contributed by atoms with E-state index in [1.807, 2.05) is 57.2 Å². The molecule has 1 fully saturated rings. The van der Waals surface area contributed by atoms with E-state index in [1.54, 1.807) is 14.2 Å². The molecule has 2 N–H and O–H groups in total. The van der Waals surface area contributed by atoms with Crippen molar-refractivity contribution in [3.63, 3.8) is 0 Å². The van der Waals surface area contributed by atoms with E-state index in [2.05, 4.69) is 15.5 Å². The minimum absolute atomic E-state index is 0.0641. The van der Waals surface area contributed by atoms with Crippen molar-refractivity contribution in [1.29, 1.82) is 0 Å². The Kier molecular flexibility index (Phi) is 8.40. The lowest BCUT2D eigenvalue weighted by Gasteiger charge is -2.24. The van der Waals surface area contributed by atoms with Gasteiger partial charge in [0.15, 0.2) is 0 Å². The molecule has 0 bridgehead atoms. The second-order valence-electron chi connectivity index (χ2n) is 8.60. The summed E-state index contributed by atoms with van der Waals surface area (Å²) in [5.74, 6) is 1.70. The van der Waals surface area contributed by atoms with Crippen LogP contribution in [-0.4, -0.2) is 49.7 Å². The highest BCUT2D eigenvalue weighted by Crippen LogP contribution is 2.32. The maximum Gasteiger partial charge on any atom is 0.237 e. The lowest BCUT2D eigenvalue weighted by molar-refractivity contribution is -0.126. The molecule has 0 spiro atoms. The number of likely N-dealkylation sites (tertiary alicyclic amines) is 1. The van der Waals surface area contributed by atoms with Crippen molar-refractivity contribution in [2.24, 2.45) is 0 Å². The molecule has 0 unspecified atom stereocenters. The number of methoxy groups -OCH3 is 2. The Bertz CT molecular complexity index is 935. The summed E-state index contributed by atoms with van der Waals surface area (Å²) in [5, 5.41) is 7.43. The molecule has 2 aromatic rings. The Morgan fingerprint density at radius 3 is 2.56 bits per heavy atom. The monoisotopic (exact) mass is 459 g/mol. The average Bonchev–Trinajstić information content (AvgIpc) is 3.16. The van der Waals surface area contributed by atoms with Crippen molar-refractivity contribution in [2.45, 2.75) is 58.4 Å². The molecule has 1 heterocycles. The zero-order valence-electron chi connectivity index (χ0n) is 19.6. The summed E-state index contributed by atoms with van der Waals surface area (Å²) in [6.07, 6.45) is 0.737. The molecule has 32 heavy (non-hydrogen) atoms. The van der Waals surface area contributed by atoms with Crippen LogP contribution >= 0.6 is 11.6 Å². The first-order valence-corrected chi connectivity index (χ1v) is 11.4. The van der Waals surface area contributed by atoms with Crippen LogP contribution in [0.1, 0.15) is 37.0 Å². The number of halogens is 1. The Labute approximate surface area is 196 Å². The normalized spacial score (nSPS) is 18.7. The number of hydrogen-bond donors (Lipinski definition) is 2. The molecule has 0 saturated carbocycles. The zero-order valence-corrected chi connectivity index (χ0v) is 20.3. The zero-order chi connectivity index (χ0) is 23.3. The number of rotatable bonds is 9. The van der Waals surface area contributed by atoms with E-state index in [0.29, 0.717) is 13.1 Å². The van der Waals surface area contributed by atoms with Gasteiger partial charge in [-0.25, -0.2) is 0 Å². The molecule has 2 aromatic carbocycles. The summed E-state index contributed by atoms with van der Waals surface area (Å²) in [7, 11) is 3.34. The van der Waals surface area contributed by atoms with E-state index >= 15 is 0 Å². The molecule has 6 nitrogen and oxygen atoms in total. The number of ether oxygens (including phenoxy) is 2. The molecule has 0 aliphatic carbocycles. The Morgan fingerprint density at radius 1 is 1.16 bits per heavy atom. The molecular weight excluding hydrogens is 426 g/mol. The SMILES string of the molecule is COc1ccc(CN[C@H]2C[C@@H](C(=O)NC(C)C)N(Cc3ccccc3Cl)C2)c(OC)c1C. The summed E-state index contributed by atoms with van der Waals surface area (Å²) in [6, 6.07) is 11.9. The highest BCUT2D eigenvalue weighted by Gasteiger charge is 2.37. The van der Waals surface area contributed by atoms with Crippen LogP contribution in [0.2, 0.25) is 5.02 Å². The first-order valence-electron chi connectivity index (χ1n) is 11.1. The average molecular weight is 460 g/mol. The highest BCUT2D eigenvalue weighted by atomic mass is 35.5. The molecule has 174 valence electrons. The molecule has 0 radical (unpaired) electrons. The van der Waals surface area contributed by atoms with Crippen molar-refractivity contribution in [3.8, 4) is 11.5 Å². The lowest BCUT2D eigenvalue weighted by atomic mass is 10.1. The van der Waals surface area contributed by atoms with Gasteiger partial charge in [-0.3, -0.25) is 9.69 Å². The van der Waals surface area contributed by atoms with E-state index in [1.165, 1.54) is 0 Å². The van der Waals surface area contributed by atoms with Crippen LogP contribution in [0.15, 0.2) is 36.4 Å². The predicted molar refractivity (Wildman–Crippen MR) is 128 cm³/mol. The number of carbonyl (C=O) groups is 1. The minimum atomic E-state index is -0.203. The number of benzene rings is 2. The van der Waals surface area contributed by atoms with Gasteiger partial charge in [0, 0.05) is 47.9 Å².